The van der Waals surface area contributed by atoms with Gasteiger partial charge < -0.3 is 10.2 Å². The number of carbonyl (C=O) groups is 2. The molecule has 0 radical (unpaired) electrons. The van der Waals surface area contributed by atoms with E-state index in [2.05, 4.69) is 5.32 Å². The van der Waals surface area contributed by atoms with Crippen LogP contribution in [0.5, 0.6) is 0 Å². The molecule has 1 saturated carbocycles. The predicted octanol–water partition coefficient (Wildman–Crippen LogP) is 1.70. The minimum Gasteiger partial charge on any atom is -0.330 e. The lowest BCUT2D eigenvalue weighted by molar-refractivity contribution is -0.126. The molecule has 4 rings (SSSR count). The molecule has 1 aromatic rings. The van der Waals surface area contributed by atoms with Gasteiger partial charge in [-0.15, -0.1) is 0 Å². The fourth-order valence-corrected chi connectivity index (χ4v) is 3.64. The first-order chi connectivity index (χ1) is 9.66. The van der Waals surface area contributed by atoms with Crippen molar-refractivity contribution in [2.45, 2.75) is 24.9 Å². The van der Waals surface area contributed by atoms with E-state index in [0.29, 0.717) is 12.6 Å². The van der Waals surface area contributed by atoms with Crippen LogP contribution >= 0.6 is 11.3 Å². The fraction of sp³-hybridized carbons (Fsp3) is 0.429. The first kappa shape index (κ1) is 12.0. The van der Waals surface area contributed by atoms with Gasteiger partial charge in [0, 0.05) is 13.1 Å². The molecule has 0 bridgehead atoms. The lowest BCUT2D eigenvalue weighted by atomic mass is 9.98. The summed E-state index contributed by atoms with van der Waals surface area (Å²) in [6.07, 6.45) is 2.17. The number of urea groups is 1. The molecule has 104 valence electrons. The molecule has 1 atom stereocenters. The van der Waals surface area contributed by atoms with Gasteiger partial charge in [-0.2, -0.15) is 11.3 Å². The van der Waals surface area contributed by atoms with Gasteiger partial charge in [0.1, 0.15) is 0 Å². The van der Waals surface area contributed by atoms with Gasteiger partial charge in [-0.3, -0.25) is 9.69 Å². The highest BCUT2D eigenvalue weighted by Gasteiger charge is 2.46. The zero-order valence-corrected chi connectivity index (χ0v) is 11.9. The fourth-order valence-electron chi connectivity index (χ4n) is 2.96. The molecule has 1 aliphatic carbocycles. The van der Waals surface area contributed by atoms with Crippen LogP contribution in [0.25, 0.3) is 0 Å². The smallest absolute Gasteiger partial charge is 0.322 e. The zero-order chi connectivity index (χ0) is 13.9. The number of amides is 3. The van der Waals surface area contributed by atoms with Crippen molar-refractivity contribution >= 4 is 23.3 Å². The highest BCUT2D eigenvalue weighted by molar-refractivity contribution is 7.08. The summed E-state index contributed by atoms with van der Waals surface area (Å²) in [6.45, 7) is 0.573. The second kappa shape index (κ2) is 4.09. The number of hydrogen-bond acceptors (Lipinski definition) is 3. The molecule has 1 aromatic heterocycles. The van der Waals surface area contributed by atoms with Crippen molar-refractivity contribution in [3.8, 4) is 0 Å². The van der Waals surface area contributed by atoms with Crippen LogP contribution < -0.4 is 5.32 Å². The van der Waals surface area contributed by atoms with Crippen LogP contribution in [0.4, 0.5) is 4.79 Å². The van der Waals surface area contributed by atoms with Crippen molar-refractivity contribution in [1.29, 1.82) is 0 Å². The molecule has 3 amide bonds. The molecule has 0 aromatic carbocycles. The second-order valence-electron chi connectivity index (χ2n) is 5.52. The Bertz CT molecular complexity index is 618. The Kier molecular flexibility index (Phi) is 2.44. The lowest BCUT2D eigenvalue weighted by Crippen LogP contribution is -2.45. The third-order valence-electron chi connectivity index (χ3n) is 4.25. The van der Waals surface area contributed by atoms with E-state index in [-0.39, 0.29) is 18.0 Å². The molecule has 1 N–H and O–H groups in total. The lowest BCUT2D eigenvalue weighted by Gasteiger charge is -2.30. The van der Waals surface area contributed by atoms with E-state index in [0.717, 1.165) is 29.7 Å². The van der Waals surface area contributed by atoms with Crippen molar-refractivity contribution in [2.75, 3.05) is 13.6 Å². The van der Waals surface area contributed by atoms with Crippen LogP contribution in [0.2, 0.25) is 0 Å². The largest absolute Gasteiger partial charge is 0.330 e. The van der Waals surface area contributed by atoms with Crippen molar-refractivity contribution in [1.82, 2.24) is 15.1 Å². The SMILES string of the molecule is CN1C(=O)N[C@@H](c2ccsc2)C2=C1CN(C1CC1)C2=O. The molecule has 6 heteroatoms. The Morgan fingerprint density at radius 3 is 2.80 bits per heavy atom. The Morgan fingerprint density at radius 1 is 1.35 bits per heavy atom. The number of likely N-dealkylation sites (N-methyl/N-ethyl adjacent to an activating group) is 1. The van der Waals surface area contributed by atoms with E-state index < -0.39 is 0 Å². The first-order valence-electron chi connectivity index (χ1n) is 6.77. The van der Waals surface area contributed by atoms with Crippen molar-refractivity contribution in [3.05, 3.63) is 33.7 Å². The molecule has 3 heterocycles. The Balaban J connectivity index is 1.77. The highest BCUT2D eigenvalue weighted by atomic mass is 32.1. The summed E-state index contributed by atoms with van der Waals surface area (Å²) in [6, 6.07) is 1.92. The first-order valence-corrected chi connectivity index (χ1v) is 7.71. The molecule has 0 unspecified atom stereocenters. The summed E-state index contributed by atoms with van der Waals surface area (Å²) in [5, 5.41) is 6.90. The summed E-state index contributed by atoms with van der Waals surface area (Å²) >= 11 is 1.58. The third kappa shape index (κ3) is 1.61. The van der Waals surface area contributed by atoms with Gasteiger partial charge >= 0.3 is 6.03 Å². The summed E-state index contributed by atoms with van der Waals surface area (Å²) in [4.78, 5) is 28.3. The molecule has 3 aliphatic rings. The Morgan fingerprint density at radius 2 is 2.15 bits per heavy atom. The number of rotatable bonds is 2. The number of nitrogens with one attached hydrogen (secondary N) is 1. The minimum absolute atomic E-state index is 0.0885. The van der Waals surface area contributed by atoms with E-state index in [1.165, 1.54) is 0 Å². The molecule has 0 spiro atoms. The average Bonchev–Trinajstić information content (AvgIpc) is 3.00. The zero-order valence-electron chi connectivity index (χ0n) is 11.1. The van der Waals surface area contributed by atoms with Gasteiger partial charge in [0.25, 0.3) is 5.91 Å². The van der Waals surface area contributed by atoms with Crippen LogP contribution in [0, 0.1) is 0 Å². The number of thiophene rings is 1. The van der Waals surface area contributed by atoms with E-state index in [9.17, 15) is 9.59 Å². The van der Waals surface area contributed by atoms with E-state index in [1.54, 1.807) is 23.3 Å². The van der Waals surface area contributed by atoms with Crippen molar-refractivity contribution in [3.63, 3.8) is 0 Å². The van der Waals surface area contributed by atoms with Gasteiger partial charge in [-0.05, 0) is 35.2 Å². The Labute approximate surface area is 120 Å². The normalized spacial score (nSPS) is 26.1. The second-order valence-corrected chi connectivity index (χ2v) is 6.30. The van der Waals surface area contributed by atoms with Crippen LogP contribution in [0.15, 0.2) is 28.1 Å². The van der Waals surface area contributed by atoms with Crippen LogP contribution in [-0.4, -0.2) is 41.4 Å². The molecule has 1 fully saturated rings. The highest BCUT2D eigenvalue weighted by Crippen LogP contribution is 2.40. The monoisotopic (exact) mass is 289 g/mol. The standard InChI is InChI=1S/C14H15N3O2S/c1-16-10-6-17(9-2-3-9)13(18)11(10)12(15-14(16)19)8-4-5-20-7-8/h4-5,7,9,12H,2-3,6H2,1H3,(H,15,19)/t12-/m0/s1. The number of nitrogens with zero attached hydrogens (tertiary/aromatic N) is 2. The summed E-state index contributed by atoms with van der Waals surface area (Å²) in [7, 11) is 1.73. The summed E-state index contributed by atoms with van der Waals surface area (Å²) in [5.74, 6) is 0.0885. The van der Waals surface area contributed by atoms with Gasteiger partial charge in [-0.25, -0.2) is 4.79 Å². The maximum absolute atomic E-state index is 12.7. The van der Waals surface area contributed by atoms with Crippen LogP contribution in [0.3, 0.4) is 0 Å². The van der Waals surface area contributed by atoms with Crippen LogP contribution in [0.1, 0.15) is 24.4 Å². The average molecular weight is 289 g/mol. The number of hydrogen-bond donors (Lipinski definition) is 1. The molecule has 5 nitrogen and oxygen atoms in total. The molecule has 20 heavy (non-hydrogen) atoms. The number of carbonyl (C=O) groups excluding carboxylic acids is 2. The van der Waals surface area contributed by atoms with Gasteiger partial charge in [-0.1, -0.05) is 0 Å². The van der Waals surface area contributed by atoms with Crippen LogP contribution in [-0.2, 0) is 4.79 Å². The van der Waals surface area contributed by atoms with Gasteiger partial charge in [0.05, 0.1) is 23.9 Å². The van der Waals surface area contributed by atoms with Gasteiger partial charge in [0.15, 0.2) is 0 Å². The maximum atomic E-state index is 12.7. The van der Waals surface area contributed by atoms with E-state index in [4.69, 9.17) is 0 Å². The molecular weight excluding hydrogens is 274 g/mol. The van der Waals surface area contributed by atoms with Crippen molar-refractivity contribution in [2.24, 2.45) is 0 Å². The molecule has 2 aliphatic heterocycles. The molecule has 0 saturated heterocycles. The Hall–Kier alpha value is -1.82. The van der Waals surface area contributed by atoms with E-state index >= 15 is 0 Å². The molecular formula is C14H15N3O2S. The topological polar surface area (TPSA) is 52.7 Å². The summed E-state index contributed by atoms with van der Waals surface area (Å²) < 4.78 is 0. The van der Waals surface area contributed by atoms with Gasteiger partial charge in [0.2, 0.25) is 0 Å². The predicted molar refractivity (Wildman–Crippen MR) is 75.1 cm³/mol. The third-order valence-corrected chi connectivity index (χ3v) is 4.95. The minimum atomic E-state index is -0.295. The van der Waals surface area contributed by atoms with E-state index in [1.807, 2.05) is 21.7 Å². The maximum Gasteiger partial charge on any atom is 0.322 e. The summed E-state index contributed by atoms with van der Waals surface area (Å²) in [5.41, 5.74) is 2.61. The van der Waals surface area contributed by atoms with Crippen molar-refractivity contribution < 1.29 is 9.59 Å². The quantitative estimate of drug-likeness (QED) is 0.901.